The van der Waals surface area contributed by atoms with E-state index in [0.29, 0.717) is 11.3 Å². The zero-order valence-electron chi connectivity index (χ0n) is 8.38. The van der Waals surface area contributed by atoms with Crippen LogP contribution in [0.3, 0.4) is 0 Å². The summed E-state index contributed by atoms with van der Waals surface area (Å²) in [5, 5.41) is 0. The van der Waals surface area contributed by atoms with Crippen molar-refractivity contribution < 1.29 is 22.6 Å². The number of benzene rings is 1. The Balaban J connectivity index is 2.57. The molecule has 0 aliphatic carbocycles. The molecule has 0 aliphatic heterocycles. The molecule has 1 rings (SSSR count). The topological polar surface area (TPSA) is 18.5 Å². The summed E-state index contributed by atoms with van der Waals surface area (Å²) in [5.74, 6) is 0.146. The Morgan fingerprint density at radius 1 is 1.12 bits per heavy atom. The fraction of sp³-hybridized carbons (Fsp3) is 0.182. The summed E-state index contributed by atoms with van der Waals surface area (Å²) in [4.78, 5) is 0. The zero-order valence-corrected chi connectivity index (χ0v) is 8.38. The van der Waals surface area contributed by atoms with Crippen molar-refractivity contribution in [2.75, 3.05) is 6.61 Å². The summed E-state index contributed by atoms with van der Waals surface area (Å²) in [6, 6.07) is 5.11. The first-order chi connectivity index (χ1) is 7.37. The van der Waals surface area contributed by atoms with Crippen molar-refractivity contribution in [2.45, 2.75) is 6.36 Å². The minimum absolute atomic E-state index is 0.222. The van der Waals surface area contributed by atoms with Crippen LogP contribution in [0.4, 0.5) is 13.2 Å². The van der Waals surface area contributed by atoms with Gasteiger partial charge in [0.15, 0.2) is 0 Å². The number of rotatable bonds is 4. The highest BCUT2D eigenvalue weighted by atomic mass is 19.4. The van der Waals surface area contributed by atoms with Crippen molar-refractivity contribution in [1.29, 1.82) is 0 Å². The van der Waals surface area contributed by atoms with Gasteiger partial charge < -0.3 is 9.47 Å². The third kappa shape index (κ3) is 4.72. The first kappa shape index (κ1) is 12.4. The third-order valence-corrected chi connectivity index (χ3v) is 1.50. The van der Waals surface area contributed by atoms with Crippen LogP contribution < -0.4 is 9.47 Å². The number of halogens is 3. The van der Waals surface area contributed by atoms with Gasteiger partial charge in [-0.25, -0.2) is 0 Å². The van der Waals surface area contributed by atoms with Crippen LogP contribution in [0.1, 0.15) is 0 Å². The standard InChI is InChI=1S/C11H10F3O2/c1-8(2)7-15-9-3-5-10(6-4-9)16-11(12,13)14/h3-6H,1-2,7H2. The lowest BCUT2D eigenvalue weighted by Crippen LogP contribution is -2.16. The molecule has 1 aromatic carbocycles. The van der Waals surface area contributed by atoms with Gasteiger partial charge in [0.2, 0.25) is 0 Å². The van der Waals surface area contributed by atoms with Crippen molar-refractivity contribution in [3.05, 3.63) is 43.3 Å². The van der Waals surface area contributed by atoms with Gasteiger partial charge in [-0.3, -0.25) is 0 Å². The Bertz CT molecular complexity index is 354. The fourth-order valence-corrected chi connectivity index (χ4v) is 0.923. The minimum Gasteiger partial charge on any atom is -0.489 e. The van der Waals surface area contributed by atoms with Crippen LogP contribution in [0.15, 0.2) is 36.4 Å². The predicted molar refractivity (Wildman–Crippen MR) is 53.1 cm³/mol. The second kappa shape index (κ2) is 4.92. The molecule has 1 radical (unpaired) electrons. The molecule has 0 heterocycles. The summed E-state index contributed by atoms with van der Waals surface area (Å²) in [7, 11) is 0. The maximum absolute atomic E-state index is 11.8. The van der Waals surface area contributed by atoms with E-state index < -0.39 is 6.36 Å². The molecule has 16 heavy (non-hydrogen) atoms. The van der Waals surface area contributed by atoms with E-state index >= 15 is 0 Å². The molecule has 0 saturated heterocycles. The van der Waals surface area contributed by atoms with Crippen molar-refractivity contribution in [3.8, 4) is 11.5 Å². The number of alkyl halides is 3. The molecular weight excluding hydrogens is 221 g/mol. The molecule has 0 amide bonds. The van der Waals surface area contributed by atoms with Gasteiger partial charge in [-0.15, -0.1) is 13.2 Å². The van der Waals surface area contributed by atoms with Gasteiger partial charge in [0, 0.05) is 0 Å². The molecule has 0 bridgehead atoms. The first-order valence-electron chi connectivity index (χ1n) is 4.35. The predicted octanol–water partition coefficient (Wildman–Crippen LogP) is 3.35. The van der Waals surface area contributed by atoms with Crippen LogP contribution in [-0.2, 0) is 0 Å². The van der Waals surface area contributed by atoms with Gasteiger partial charge in [-0.05, 0) is 36.8 Å². The highest BCUT2D eigenvalue weighted by Crippen LogP contribution is 2.24. The zero-order chi connectivity index (χ0) is 12.2. The van der Waals surface area contributed by atoms with Crippen LogP contribution in [0.25, 0.3) is 0 Å². The molecule has 5 heteroatoms. The average Bonchev–Trinajstić information content (AvgIpc) is 2.14. The summed E-state index contributed by atoms with van der Waals surface area (Å²) in [6.07, 6.45) is -4.68. The highest BCUT2D eigenvalue weighted by Gasteiger charge is 2.30. The van der Waals surface area contributed by atoms with Gasteiger partial charge in [-0.2, -0.15) is 0 Å². The fourth-order valence-electron chi connectivity index (χ4n) is 0.923. The number of hydrogen-bond acceptors (Lipinski definition) is 2. The summed E-state index contributed by atoms with van der Waals surface area (Å²) in [6.45, 7) is 7.27. The normalized spacial score (nSPS) is 11.0. The van der Waals surface area contributed by atoms with E-state index in [2.05, 4.69) is 18.2 Å². The maximum atomic E-state index is 11.8. The first-order valence-corrected chi connectivity index (χ1v) is 4.35. The van der Waals surface area contributed by atoms with Gasteiger partial charge in [0.25, 0.3) is 0 Å². The molecule has 0 aliphatic rings. The van der Waals surface area contributed by atoms with Gasteiger partial charge >= 0.3 is 6.36 Å². The van der Waals surface area contributed by atoms with E-state index in [1.54, 1.807) is 0 Å². The lowest BCUT2D eigenvalue weighted by atomic mass is 10.3. The quantitative estimate of drug-likeness (QED) is 0.791. The summed E-state index contributed by atoms with van der Waals surface area (Å²) < 4.78 is 44.3. The Kier molecular flexibility index (Phi) is 3.82. The summed E-state index contributed by atoms with van der Waals surface area (Å²) in [5.41, 5.74) is 0.579. The smallest absolute Gasteiger partial charge is 0.489 e. The third-order valence-electron chi connectivity index (χ3n) is 1.50. The Labute approximate surface area is 91.3 Å². The van der Waals surface area contributed by atoms with E-state index in [0.717, 1.165) is 0 Å². The Morgan fingerprint density at radius 3 is 2.06 bits per heavy atom. The van der Waals surface area contributed by atoms with Crippen LogP contribution in [-0.4, -0.2) is 13.0 Å². The lowest BCUT2D eigenvalue weighted by molar-refractivity contribution is -0.274. The van der Waals surface area contributed by atoms with Crippen LogP contribution in [0, 0.1) is 6.92 Å². The Hall–Kier alpha value is -1.65. The van der Waals surface area contributed by atoms with Crippen molar-refractivity contribution in [3.63, 3.8) is 0 Å². The molecule has 0 fully saturated rings. The SMILES string of the molecule is [CH2]C(=C)COc1ccc(OC(F)(F)F)cc1. The van der Waals surface area contributed by atoms with E-state index in [-0.39, 0.29) is 12.4 Å². The van der Waals surface area contributed by atoms with E-state index in [1.165, 1.54) is 24.3 Å². The van der Waals surface area contributed by atoms with Crippen molar-refractivity contribution >= 4 is 0 Å². The summed E-state index contributed by atoms with van der Waals surface area (Å²) >= 11 is 0. The van der Waals surface area contributed by atoms with Crippen molar-refractivity contribution in [1.82, 2.24) is 0 Å². The molecule has 1 aromatic rings. The minimum atomic E-state index is -4.68. The lowest BCUT2D eigenvalue weighted by Gasteiger charge is -2.09. The monoisotopic (exact) mass is 231 g/mol. The largest absolute Gasteiger partial charge is 0.573 e. The van der Waals surface area contributed by atoms with E-state index in [4.69, 9.17) is 4.74 Å². The maximum Gasteiger partial charge on any atom is 0.573 e. The molecule has 0 spiro atoms. The van der Waals surface area contributed by atoms with Crippen molar-refractivity contribution in [2.24, 2.45) is 0 Å². The molecule has 0 N–H and O–H groups in total. The number of ether oxygens (including phenoxy) is 2. The van der Waals surface area contributed by atoms with Gasteiger partial charge in [-0.1, -0.05) is 6.58 Å². The van der Waals surface area contributed by atoms with Crippen LogP contribution in [0.2, 0.25) is 0 Å². The average molecular weight is 231 g/mol. The van der Waals surface area contributed by atoms with Gasteiger partial charge in [0.1, 0.15) is 18.1 Å². The second-order valence-electron chi connectivity index (χ2n) is 3.06. The molecule has 87 valence electrons. The molecule has 2 nitrogen and oxygen atoms in total. The highest BCUT2D eigenvalue weighted by molar-refractivity contribution is 5.31. The Morgan fingerprint density at radius 2 is 1.62 bits per heavy atom. The second-order valence-corrected chi connectivity index (χ2v) is 3.06. The van der Waals surface area contributed by atoms with E-state index in [1.807, 2.05) is 0 Å². The molecule has 0 atom stereocenters. The van der Waals surface area contributed by atoms with Gasteiger partial charge in [0.05, 0.1) is 0 Å². The molecule has 0 unspecified atom stereocenters. The van der Waals surface area contributed by atoms with E-state index in [9.17, 15) is 13.2 Å². The molecule has 0 aromatic heterocycles. The number of hydrogen-bond donors (Lipinski definition) is 0. The van der Waals surface area contributed by atoms with Crippen LogP contribution >= 0.6 is 0 Å². The molecule has 0 saturated carbocycles. The van der Waals surface area contributed by atoms with Crippen LogP contribution in [0.5, 0.6) is 11.5 Å². The molecular formula is C11H10F3O2.